The number of hydrogen-bond donors (Lipinski definition) is 4. The van der Waals surface area contributed by atoms with Crippen molar-refractivity contribution in [2.75, 3.05) is 76.3 Å². The Balaban J connectivity index is 0.000000186. The van der Waals surface area contributed by atoms with Crippen molar-refractivity contribution in [3.05, 3.63) is 143 Å². The number of halogens is 4. The average Bonchev–Trinajstić information content (AvgIpc) is 4.19. The van der Waals surface area contributed by atoms with Gasteiger partial charge in [-0.15, -0.1) is 0 Å². The Kier molecular flexibility index (Phi) is 17.0. The maximum Gasteiger partial charge on any atom is 0.256 e. The van der Waals surface area contributed by atoms with Crippen LogP contribution in [0.2, 0.25) is 0 Å². The van der Waals surface area contributed by atoms with Crippen LogP contribution >= 0.6 is 0 Å². The summed E-state index contributed by atoms with van der Waals surface area (Å²) in [6.07, 6.45) is 2.21. The predicted molar refractivity (Wildman–Crippen MR) is 309 cm³/mol. The van der Waals surface area contributed by atoms with E-state index in [9.17, 15) is 18.4 Å². The molecule has 5 heterocycles. The molecule has 7 aromatic rings. The number of rotatable bonds is 12. The fraction of sp³-hybridized carbons (Fsp3) is 0.355. The van der Waals surface area contributed by atoms with Gasteiger partial charge in [-0.05, 0) is 130 Å². The summed E-state index contributed by atoms with van der Waals surface area (Å²) < 4.78 is 88.9. The number of piperazine rings is 2. The number of carbonyl (C=O) groups is 2. The van der Waals surface area contributed by atoms with Crippen molar-refractivity contribution in [1.29, 1.82) is 0 Å². The zero-order valence-electron chi connectivity index (χ0n) is 47.1. The molecule has 430 valence electrons. The van der Waals surface area contributed by atoms with Gasteiger partial charge in [0, 0.05) is 103 Å². The van der Waals surface area contributed by atoms with Gasteiger partial charge in [0.25, 0.3) is 11.8 Å². The number of nitrogens with zero attached hydrogens (tertiary/aromatic N) is 5. The maximum absolute atomic E-state index is 15.4. The van der Waals surface area contributed by atoms with Gasteiger partial charge in [0.05, 0.1) is 51.6 Å². The molecule has 1 aromatic heterocycles. The van der Waals surface area contributed by atoms with Crippen LogP contribution < -0.4 is 50.0 Å². The van der Waals surface area contributed by atoms with Crippen molar-refractivity contribution in [3.8, 4) is 45.3 Å². The minimum absolute atomic E-state index is 0.116. The summed E-state index contributed by atoms with van der Waals surface area (Å²) in [5, 5.41) is 18.2. The molecule has 82 heavy (non-hydrogen) atoms. The summed E-state index contributed by atoms with van der Waals surface area (Å²) in [5.74, 6) is -3.64. The number of amides is 2. The monoisotopic (exact) mass is 1130 g/mol. The van der Waals surface area contributed by atoms with E-state index in [1.165, 1.54) is 40.6 Å². The third kappa shape index (κ3) is 11.8. The fourth-order valence-corrected chi connectivity index (χ4v) is 11.3. The number of methoxy groups -OCH3 is 4. The number of hydrogen-bond acceptors (Lipinski definition) is 13. The van der Waals surface area contributed by atoms with E-state index in [0.717, 1.165) is 62.4 Å². The third-order valence-electron chi connectivity index (χ3n) is 15.2. The van der Waals surface area contributed by atoms with Crippen LogP contribution in [0.1, 0.15) is 85.0 Å². The van der Waals surface area contributed by atoms with Crippen molar-refractivity contribution in [3.63, 3.8) is 0 Å². The normalized spacial score (nSPS) is 19.6. The Bertz CT molecular complexity index is 3460. The molecule has 3 fully saturated rings. The Labute approximate surface area is 473 Å². The van der Waals surface area contributed by atoms with Crippen LogP contribution in [0, 0.1) is 23.3 Å². The van der Waals surface area contributed by atoms with E-state index in [-0.39, 0.29) is 64.3 Å². The highest BCUT2D eigenvalue weighted by molar-refractivity contribution is 6.14. The second-order valence-corrected chi connectivity index (χ2v) is 21.2. The summed E-state index contributed by atoms with van der Waals surface area (Å²) in [6, 6.07) is 28.9. The number of benzene rings is 6. The molecule has 4 N–H and O–H groups in total. The van der Waals surface area contributed by atoms with Crippen LogP contribution in [0.4, 0.5) is 34.8 Å². The Morgan fingerprint density at radius 2 is 1.05 bits per heavy atom. The number of fused-ring (bicyclic) bond motifs is 2. The Morgan fingerprint density at radius 3 is 1.51 bits per heavy atom. The standard InChI is InChI=1S/C33H37F2N5O4.C29H30F2N4O3/c1-19-17-39(18-20(2)36-19)23-11-8-21(9-12-23)33(41)37-32-24-13-10-22(15-25(24)40(38-32)28-7-5-6-14-44-28)29-30(34)26(42-3)16-27(43-4)31(29)35;1-16-14-35(15-17(2)33-16)21-8-5-18(6-9-21)29(36)34-28-22-10-7-19(11-20(22)13-32-28)25-26(30)23(37-3)12-24(38-4)27(25)31/h8-13,15-16,19-20,28,36H,5-7,14,17-18H2,1-4H3,(H,37,38,41);5-12,16-17,33H,13-15H2,1-4H3,(H,32,34,36)/t19-,20+,28?;16-,17+. The lowest BCUT2D eigenvalue weighted by Gasteiger charge is -2.37. The topological polar surface area (TPSA) is 165 Å². The quantitative estimate of drug-likeness (QED) is 0.0858. The van der Waals surface area contributed by atoms with E-state index in [2.05, 4.69) is 63.8 Å². The van der Waals surface area contributed by atoms with Crippen molar-refractivity contribution in [2.24, 2.45) is 4.99 Å². The van der Waals surface area contributed by atoms with Crippen LogP contribution in [0.15, 0.2) is 102 Å². The number of aliphatic imine (C=N–C) groups is 1. The van der Waals surface area contributed by atoms with E-state index in [4.69, 9.17) is 28.8 Å². The van der Waals surface area contributed by atoms with Gasteiger partial charge >= 0.3 is 0 Å². The lowest BCUT2D eigenvalue weighted by Crippen LogP contribution is -2.54. The fourth-order valence-electron chi connectivity index (χ4n) is 11.3. The van der Waals surface area contributed by atoms with Crippen molar-refractivity contribution in [1.82, 2.24) is 25.7 Å². The Hall–Kier alpha value is -8.20. The molecule has 0 radical (unpaired) electrons. The summed E-state index contributed by atoms with van der Waals surface area (Å²) in [4.78, 5) is 35.5. The second-order valence-electron chi connectivity index (χ2n) is 21.2. The van der Waals surface area contributed by atoms with Gasteiger partial charge in [0.2, 0.25) is 0 Å². The molecule has 2 amide bonds. The van der Waals surface area contributed by atoms with Crippen molar-refractivity contribution >= 4 is 45.7 Å². The first-order valence-corrected chi connectivity index (χ1v) is 27.4. The van der Waals surface area contributed by atoms with Crippen molar-refractivity contribution < 1.29 is 50.8 Å². The van der Waals surface area contributed by atoms with E-state index >= 15 is 8.78 Å². The summed E-state index contributed by atoms with van der Waals surface area (Å²) in [5.41, 5.74) is 5.25. The summed E-state index contributed by atoms with van der Waals surface area (Å²) >= 11 is 0. The molecular formula is C62H67F4N9O7. The SMILES string of the molecule is COc1cc(OC)c(F)c(-c2ccc3c(NC(=O)c4ccc(N5C[C@@H](C)N[C@@H](C)C5)cc4)nn(C4CCCCO4)c3c2)c1F.COc1cc(OC)c(F)c(-c2ccc3c(c2)CN=C3NC(=O)c2ccc(N3C[C@@H](C)N[C@@H](C)C3)cc2)c1F. The zero-order chi connectivity index (χ0) is 57.9. The van der Waals surface area contributed by atoms with Crippen molar-refractivity contribution in [2.45, 2.75) is 83.9 Å². The molecule has 4 aliphatic heterocycles. The number of anilines is 3. The maximum atomic E-state index is 15.4. The van der Waals surface area contributed by atoms with Gasteiger partial charge in [-0.25, -0.2) is 22.2 Å². The van der Waals surface area contributed by atoms with Gasteiger partial charge < -0.3 is 54.8 Å². The number of aromatic nitrogens is 2. The average molecular weight is 1130 g/mol. The van der Waals surface area contributed by atoms with Crippen LogP contribution in [-0.2, 0) is 11.3 Å². The second kappa shape index (κ2) is 24.5. The highest BCUT2D eigenvalue weighted by Gasteiger charge is 2.29. The molecule has 3 saturated heterocycles. The minimum Gasteiger partial charge on any atom is -0.494 e. The van der Waals surface area contributed by atoms with Gasteiger partial charge in [-0.1, -0.05) is 18.2 Å². The van der Waals surface area contributed by atoms with Gasteiger partial charge in [0.1, 0.15) is 5.84 Å². The van der Waals surface area contributed by atoms with Crippen LogP contribution in [0.25, 0.3) is 33.2 Å². The first-order valence-electron chi connectivity index (χ1n) is 27.4. The number of amidine groups is 1. The largest absolute Gasteiger partial charge is 0.494 e. The molecular weight excluding hydrogens is 1060 g/mol. The predicted octanol–water partition coefficient (Wildman–Crippen LogP) is 10.7. The molecule has 11 rings (SSSR count). The van der Waals surface area contributed by atoms with Gasteiger partial charge in [-0.3, -0.25) is 14.6 Å². The smallest absolute Gasteiger partial charge is 0.256 e. The van der Waals surface area contributed by atoms with E-state index in [1.54, 1.807) is 41.1 Å². The minimum atomic E-state index is -0.841. The Morgan fingerprint density at radius 1 is 0.585 bits per heavy atom. The van der Waals surface area contributed by atoms with E-state index in [1.807, 2.05) is 48.5 Å². The van der Waals surface area contributed by atoms with Gasteiger partial charge in [0.15, 0.2) is 58.3 Å². The molecule has 20 heteroatoms. The third-order valence-corrected chi connectivity index (χ3v) is 15.2. The molecule has 0 spiro atoms. The first-order chi connectivity index (χ1) is 39.5. The van der Waals surface area contributed by atoms with Crippen LogP contribution in [0.5, 0.6) is 23.0 Å². The molecule has 5 atom stereocenters. The lowest BCUT2D eigenvalue weighted by molar-refractivity contribution is -0.0365. The molecule has 16 nitrogen and oxygen atoms in total. The van der Waals surface area contributed by atoms with Gasteiger partial charge in [-0.2, -0.15) is 5.10 Å². The highest BCUT2D eigenvalue weighted by Crippen LogP contribution is 2.42. The number of ether oxygens (including phenoxy) is 5. The van der Waals surface area contributed by atoms with Crippen LogP contribution in [-0.4, -0.2) is 113 Å². The lowest BCUT2D eigenvalue weighted by atomic mass is 9.98. The summed E-state index contributed by atoms with van der Waals surface area (Å²) in [6.45, 7) is 13.1. The molecule has 0 saturated carbocycles. The van der Waals surface area contributed by atoms with Crippen LogP contribution in [0.3, 0.4) is 0 Å². The molecule has 0 aliphatic carbocycles. The molecule has 1 unspecified atom stereocenters. The van der Waals surface area contributed by atoms with E-state index < -0.39 is 23.3 Å². The number of nitrogens with one attached hydrogen (secondary N) is 4. The molecule has 6 aromatic carbocycles. The molecule has 4 aliphatic rings. The number of carbonyl (C=O) groups excluding carboxylic acids is 2. The molecule has 0 bridgehead atoms. The van der Waals surface area contributed by atoms with E-state index in [0.29, 0.717) is 75.6 Å². The summed E-state index contributed by atoms with van der Waals surface area (Å²) in [7, 11) is 5.24. The highest BCUT2D eigenvalue weighted by atomic mass is 19.1. The first kappa shape index (κ1) is 57.1. The zero-order valence-corrected chi connectivity index (χ0v) is 47.1.